The van der Waals surface area contributed by atoms with Gasteiger partial charge in [-0.15, -0.1) is 0 Å². The molecule has 42 heavy (non-hydrogen) atoms. The molecule has 6 N–H and O–H groups in total. The lowest BCUT2D eigenvalue weighted by molar-refractivity contribution is -0.112. The number of aromatic hydroxyl groups is 2. The molecule has 2 rings (SSSR count). The monoisotopic (exact) mass is 651 g/mol. The van der Waals surface area contributed by atoms with Gasteiger partial charge in [-0.05, 0) is 38.2 Å². The SMILES string of the molecule is CO[C@H]1C=CC=C(C)C(=O)Nc2cc(O)c(N=CCBr)c(c2O)C[C@@H](C)C[C@H](OC)[C@H](O)[C@@H](C)C=C(C)[C@@H]1OC(N)=O. The summed E-state index contributed by atoms with van der Waals surface area (Å²) >= 11 is 3.28. The van der Waals surface area contributed by atoms with Crippen molar-refractivity contribution >= 4 is 45.5 Å². The number of aliphatic hydroxyl groups is 1. The minimum atomic E-state index is -0.992. The zero-order valence-corrected chi connectivity index (χ0v) is 26.4. The summed E-state index contributed by atoms with van der Waals surface area (Å²) in [5, 5.41) is 36.3. The van der Waals surface area contributed by atoms with Crippen LogP contribution in [0.5, 0.6) is 11.5 Å². The van der Waals surface area contributed by atoms with Gasteiger partial charge in [0.15, 0.2) is 6.10 Å². The number of hydrogen-bond donors (Lipinski definition) is 5. The number of aliphatic hydroxyl groups excluding tert-OH is 1. The van der Waals surface area contributed by atoms with Gasteiger partial charge in [0.2, 0.25) is 0 Å². The Balaban J connectivity index is 2.69. The molecule has 1 aliphatic heterocycles. The Kier molecular flexibility index (Phi) is 13.7. The number of phenolic OH excluding ortho intramolecular Hbond substituents is 2. The summed E-state index contributed by atoms with van der Waals surface area (Å²) in [6.07, 6.45) is 4.48. The average Bonchev–Trinajstić information content (AvgIpc) is 2.94. The van der Waals surface area contributed by atoms with Crippen LogP contribution in [0.1, 0.15) is 39.7 Å². The van der Waals surface area contributed by atoms with Crippen LogP contribution >= 0.6 is 15.9 Å². The number of ether oxygens (including phenoxy) is 3. The van der Waals surface area contributed by atoms with Crippen molar-refractivity contribution in [2.24, 2.45) is 22.6 Å². The number of nitrogens with two attached hydrogens (primary N) is 1. The largest absolute Gasteiger partial charge is 0.506 e. The molecule has 1 aromatic carbocycles. The predicted octanol–water partition coefficient (Wildman–Crippen LogP) is 4.66. The number of rotatable bonds is 5. The number of carbonyl (C=O) groups excluding carboxylic acids is 2. The summed E-state index contributed by atoms with van der Waals surface area (Å²) in [6.45, 7) is 7.06. The maximum absolute atomic E-state index is 13.0. The van der Waals surface area contributed by atoms with Crippen molar-refractivity contribution in [1.82, 2.24) is 0 Å². The van der Waals surface area contributed by atoms with Gasteiger partial charge in [0, 0.05) is 48.9 Å². The number of methoxy groups -OCH3 is 2. The Labute approximate surface area is 255 Å². The molecule has 0 unspecified atom stereocenters. The lowest BCUT2D eigenvalue weighted by atomic mass is 9.87. The Morgan fingerprint density at radius 2 is 1.93 bits per heavy atom. The molecule has 0 aromatic heterocycles. The Morgan fingerprint density at radius 1 is 1.24 bits per heavy atom. The van der Waals surface area contributed by atoms with Crippen LogP contribution in [0, 0.1) is 11.8 Å². The van der Waals surface area contributed by atoms with Gasteiger partial charge in [0.1, 0.15) is 23.3 Å². The van der Waals surface area contributed by atoms with Crippen LogP contribution in [-0.4, -0.2) is 77.5 Å². The van der Waals surface area contributed by atoms with Gasteiger partial charge in [-0.25, -0.2) is 4.79 Å². The molecule has 0 aliphatic carbocycles. The van der Waals surface area contributed by atoms with E-state index in [0.29, 0.717) is 22.9 Å². The molecule has 1 aromatic rings. The number of nitrogens with zero attached hydrogens (tertiary/aromatic N) is 1. The highest BCUT2D eigenvalue weighted by Gasteiger charge is 2.30. The number of anilines is 1. The molecule has 11 nitrogen and oxygen atoms in total. The summed E-state index contributed by atoms with van der Waals surface area (Å²) in [5.74, 6) is -1.53. The van der Waals surface area contributed by atoms with Crippen molar-refractivity contribution < 1.29 is 39.1 Å². The van der Waals surface area contributed by atoms with Crippen LogP contribution in [0.25, 0.3) is 0 Å². The number of carbonyl (C=O) groups is 2. The number of benzene rings is 1. The molecule has 2 bridgehead atoms. The molecule has 0 spiro atoms. The number of allylic oxidation sites excluding steroid dienone is 2. The van der Waals surface area contributed by atoms with Gasteiger partial charge >= 0.3 is 6.09 Å². The number of amides is 2. The zero-order chi connectivity index (χ0) is 31.6. The first-order chi connectivity index (χ1) is 19.8. The molecule has 2 amide bonds. The fourth-order valence-electron chi connectivity index (χ4n) is 4.86. The van der Waals surface area contributed by atoms with Crippen molar-refractivity contribution in [3.05, 3.63) is 47.1 Å². The third kappa shape index (κ3) is 9.41. The summed E-state index contributed by atoms with van der Waals surface area (Å²) in [7, 11) is 2.95. The van der Waals surface area contributed by atoms with Crippen molar-refractivity contribution in [3.8, 4) is 11.5 Å². The predicted molar refractivity (Wildman–Crippen MR) is 166 cm³/mol. The molecule has 232 valence electrons. The third-order valence-electron chi connectivity index (χ3n) is 7.09. The number of primary amides is 1. The molecular weight excluding hydrogens is 610 g/mol. The highest BCUT2D eigenvalue weighted by atomic mass is 79.9. The van der Waals surface area contributed by atoms with Gasteiger partial charge in [-0.2, -0.15) is 0 Å². The number of aliphatic imine (C=N–C) groups is 1. The van der Waals surface area contributed by atoms with Crippen LogP contribution < -0.4 is 11.1 Å². The Bertz CT molecular complexity index is 1230. The quantitative estimate of drug-likeness (QED) is 0.101. The van der Waals surface area contributed by atoms with Crippen molar-refractivity contribution in [2.45, 2.75) is 65.0 Å². The number of fused-ring (bicyclic) bond motifs is 2. The smallest absolute Gasteiger partial charge is 0.405 e. The van der Waals surface area contributed by atoms with E-state index in [2.05, 4.69) is 26.2 Å². The molecular formula is C30H42BrN3O8. The van der Waals surface area contributed by atoms with Gasteiger partial charge < -0.3 is 40.6 Å². The maximum Gasteiger partial charge on any atom is 0.405 e. The lowest BCUT2D eigenvalue weighted by Gasteiger charge is -2.29. The third-order valence-corrected chi connectivity index (χ3v) is 7.38. The van der Waals surface area contributed by atoms with Crippen LogP contribution in [0.3, 0.4) is 0 Å². The molecule has 12 heteroatoms. The van der Waals surface area contributed by atoms with Gasteiger partial charge in [-0.1, -0.05) is 54.1 Å². The van der Waals surface area contributed by atoms with Gasteiger partial charge in [-0.3, -0.25) is 9.79 Å². The summed E-state index contributed by atoms with van der Waals surface area (Å²) < 4.78 is 16.6. The van der Waals surface area contributed by atoms with E-state index < -0.39 is 42.3 Å². The Hall–Kier alpha value is -3.19. The lowest BCUT2D eigenvalue weighted by Crippen LogP contribution is -2.37. The van der Waals surface area contributed by atoms with E-state index in [4.69, 9.17) is 19.9 Å². The highest BCUT2D eigenvalue weighted by molar-refractivity contribution is 9.09. The first-order valence-electron chi connectivity index (χ1n) is 13.5. The second kappa shape index (κ2) is 16.4. The molecule has 0 saturated carbocycles. The summed E-state index contributed by atoms with van der Waals surface area (Å²) in [4.78, 5) is 29.0. The van der Waals surface area contributed by atoms with Crippen molar-refractivity contribution in [1.29, 1.82) is 0 Å². The van der Waals surface area contributed by atoms with E-state index in [1.54, 1.807) is 38.3 Å². The number of alkyl halides is 1. The van der Waals surface area contributed by atoms with E-state index in [1.165, 1.54) is 26.4 Å². The molecule has 0 radical (unpaired) electrons. The van der Waals surface area contributed by atoms with Crippen molar-refractivity contribution in [2.75, 3.05) is 24.9 Å². The summed E-state index contributed by atoms with van der Waals surface area (Å²) in [5.41, 5.74) is 6.78. The van der Waals surface area contributed by atoms with E-state index >= 15 is 0 Å². The molecule has 1 aliphatic rings. The summed E-state index contributed by atoms with van der Waals surface area (Å²) in [6, 6.07) is 1.25. The minimum absolute atomic E-state index is 0.0219. The first-order valence-corrected chi connectivity index (χ1v) is 14.7. The second-order valence-corrected chi connectivity index (χ2v) is 11.1. The minimum Gasteiger partial charge on any atom is -0.506 e. The topological polar surface area (TPSA) is 173 Å². The van der Waals surface area contributed by atoms with Crippen LogP contribution in [-0.2, 0) is 25.4 Å². The highest BCUT2D eigenvalue weighted by Crippen LogP contribution is 2.44. The number of nitrogens with one attached hydrogen (secondary N) is 1. The van der Waals surface area contributed by atoms with Crippen LogP contribution in [0.4, 0.5) is 16.2 Å². The fraction of sp³-hybridized carbons (Fsp3) is 0.500. The second-order valence-electron chi connectivity index (χ2n) is 10.4. The van der Waals surface area contributed by atoms with Gasteiger partial charge in [0.05, 0.1) is 17.9 Å². The normalized spacial score (nSPS) is 26.4. The fourth-order valence-corrected chi connectivity index (χ4v) is 5.01. The van der Waals surface area contributed by atoms with E-state index in [-0.39, 0.29) is 40.8 Å². The first kappa shape index (κ1) is 35.0. The standard InChI is InChI=1S/C30H42BrN3O8/c1-16-12-20-25(33-11-10-31)22(35)15-21(27(20)37)34-29(38)17(2)8-7-9-23(40-5)28(42-30(32)39)19(4)14-18(3)26(36)24(13-16)41-6/h7-9,11,14-16,18,23-24,26,28,35-37H,10,12-13H2,1-6H3,(H2,32,39)(H,34,38)/t16-,18+,23+,24+,26-,28+/m1/s1. The number of halogens is 1. The van der Waals surface area contributed by atoms with Crippen LogP contribution in [0.15, 0.2) is 46.5 Å². The molecule has 1 heterocycles. The van der Waals surface area contributed by atoms with Crippen molar-refractivity contribution in [3.63, 3.8) is 0 Å². The van der Waals surface area contributed by atoms with E-state index in [0.717, 1.165) is 0 Å². The average molecular weight is 653 g/mol. The number of hydrogen-bond acceptors (Lipinski definition) is 9. The van der Waals surface area contributed by atoms with E-state index in [1.807, 2.05) is 13.8 Å². The molecule has 6 atom stereocenters. The molecule has 0 saturated heterocycles. The zero-order valence-electron chi connectivity index (χ0n) is 24.8. The molecule has 0 fully saturated rings. The Morgan fingerprint density at radius 3 is 2.52 bits per heavy atom. The maximum atomic E-state index is 13.0. The van der Waals surface area contributed by atoms with Gasteiger partial charge in [0.25, 0.3) is 5.91 Å². The number of phenols is 2. The van der Waals surface area contributed by atoms with Crippen LogP contribution in [0.2, 0.25) is 0 Å². The van der Waals surface area contributed by atoms with E-state index in [9.17, 15) is 24.9 Å².